The lowest BCUT2D eigenvalue weighted by Crippen LogP contribution is -2.36. The number of ether oxygens (including phenoxy) is 1. The number of aryl methyl sites for hydroxylation is 1. The quantitative estimate of drug-likeness (QED) is 0.749. The molecule has 140 valence electrons. The van der Waals surface area contributed by atoms with Gasteiger partial charge < -0.3 is 9.64 Å². The van der Waals surface area contributed by atoms with E-state index in [2.05, 4.69) is 15.3 Å². The molecule has 0 radical (unpaired) electrons. The van der Waals surface area contributed by atoms with Crippen LogP contribution in [0.5, 0.6) is 0 Å². The number of rotatable bonds is 3. The van der Waals surface area contributed by atoms with E-state index >= 15 is 0 Å². The van der Waals surface area contributed by atoms with Gasteiger partial charge in [0, 0.05) is 24.0 Å². The summed E-state index contributed by atoms with van der Waals surface area (Å²) in [5.41, 5.74) is 2.98. The monoisotopic (exact) mass is 385 g/mol. The normalized spacial score (nSPS) is 13.5. The van der Waals surface area contributed by atoms with E-state index < -0.39 is 6.09 Å². The summed E-state index contributed by atoms with van der Waals surface area (Å²) < 4.78 is 6.71. The van der Waals surface area contributed by atoms with Gasteiger partial charge >= 0.3 is 6.09 Å². The standard InChI is InChI=1S/C18H19N5O3S/c1-3-26-18(25)21-17-20-12-7-9-22(10-13(12)27-17)16(24)15-11(2)19-14-6-4-5-8-23(14)15/h4-6,8H,3,7,9-10H2,1-2H3,(H,20,21,25). The molecule has 1 N–H and O–H groups in total. The highest BCUT2D eigenvalue weighted by Crippen LogP contribution is 2.29. The first-order chi connectivity index (χ1) is 13.1. The zero-order valence-electron chi connectivity index (χ0n) is 15.1. The molecule has 27 heavy (non-hydrogen) atoms. The molecular formula is C18H19N5O3S. The predicted molar refractivity (Wildman–Crippen MR) is 101 cm³/mol. The average Bonchev–Trinajstić information content (AvgIpc) is 3.19. The summed E-state index contributed by atoms with van der Waals surface area (Å²) in [6.07, 6.45) is 1.99. The first-order valence-corrected chi connectivity index (χ1v) is 9.53. The van der Waals surface area contributed by atoms with E-state index in [-0.39, 0.29) is 5.91 Å². The number of imidazole rings is 1. The Labute approximate surface area is 159 Å². The van der Waals surface area contributed by atoms with E-state index in [1.54, 1.807) is 11.8 Å². The Morgan fingerprint density at radius 2 is 2.19 bits per heavy atom. The van der Waals surface area contributed by atoms with Crippen LogP contribution in [0.4, 0.5) is 9.93 Å². The molecule has 0 atom stereocenters. The molecule has 3 aromatic heterocycles. The fourth-order valence-electron chi connectivity index (χ4n) is 3.20. The summed E-state index contributed by atoms with van der Waals surface area (Å²) in [7, 11) is 0. The number of amides is 2. The Morgan fingerprint density at radius 1 is 1.33 bits per heavy atom. The Hall–Kier alpha value is -2.94. The van der Waals surface area contributed by atoms with Gasteiger partial charge in [0.2, 0.25) is 0 Å². The van der Waals surface area contributed by atoms with E-state index in [0.717, 1.165) is 16.2 Å². The molecule has 4 heterocycles. The van der Waals surface area contributed by atoms with E-state index in [4.69, 9.17) is 4.74 Å². The van der Waals surface area contributed by atoms with Crippen molar-refractivity contribution in [2.75, 3.05) is 18.5 Å². The number of anilines is 1. The van der Waals surface area contributed by atoms with Crippen LogP contribution in [0, 0.1) is 6.92 Å². The number of thiazole rings is 1. The summed E-state index contributed by atoms with van der Waals surface area (Å²) in [4.78, 5) is 36.4. The predicted octanol–water partition coefficient (Wildman–Crippen LogP) is 2.87. The van der Waals surface area contributed by atoms with E-state index in [9.17, 15) is 9.59 Å². The molecule has 0 saturated heterocycles. The second-order valence-electron chi connectivity index (χ2n) is 6.19. The molecule has 3 aromatic rings. The highest BCUT2D eigenvalue weighted by Gasteiger charge is 2.28. The number of hydrogen-bond acceptors (Lipinski definition) is 6. The van der Waals surface area contributed by atoms with Crippen LogP contribution in [-0.2, 0) is 17.7 Å². The van der Waals surface area contributed by atoms with E-state index in [0.29, 0.717) is 42.6 Å². The summed E-state index contributed by atoms with van der Waals surface area (Å²) >= 11 is 1.38. The molecule has 0 aromatic carbocycles. The molecule has 8 nitrogen and oxygen atoms in total. The first kappa shape index (κ1) is 17.5. The van der Waals surface area contributed by atoms with Crippen molar-refractivity contribution in [2.24, 2.45) is 0 Å². The maximum Gasteiger partial charge on any atom is 0.413 e. The second-order valence-corrected chi connectivity index (χ2v) is 7.27. The van der Waals surface area contributed by atoms with Crippen molar-refractivity contribution in [2.45, 2.75) is 26.8 Å². The number of hydrogen-bond donors (Lipinski definition) is 1. The van der Waals surface area contributed by atoms with E-state index in [1.165, 1.54) is 11.3 Å². The Bertz CT molecular complexity index is 1030. The lowest BCUT2D eigenvalue weighted by molar-refractivity contribution is 0.0728. The minimum Gasteiger partial charge on any atom is -0.450 e. The Kier molecular flexibility index (Phi) is 4.53. The second kappa shape index (κ2) is 6.99. The fraction of sp³-hybridized carbons (Fsp3) is 0.333. The van der Waals surface area contributed by atoms with Crippen LogP contribution in [-0.4, -0.2) is 44.4 Å². The number of nitrogens with one attached hydrogen (secondary N) is 1. The maximum absolute atomic E-state index is 13.1. The van der Waals surface area contributed by atoms with Crippen molar-refractivity contribution in [3.05, 3.63) is 46.4 Å². The zero-order chi connectivity index (χ0) is 19.0. The third-order valence-corrected chi connectivity index (χ3v) is 5.41. The topological polar surface area (TPSA) is 88.8 Å². The largest absolute Gasteiger partial charge is 0.450 e. The van der Waals surface area contributed by atoms with Crippen molar-refractivity contribution in [1.82, 2.24) is 19.3 Å². The van der Waals surface area contributed by atoms with Crippen molar-refractivity contribution in [1.29, 1.82) is 0 Å². The maximum atomic E-state index is 13.1. The van der Waals surface area contributed by atoms with Gasteiger partial charge in [0.1, 0.15) is 11.3 Å². The zero-order valence-corrected chi connectivity index (χ0v) is 15.9. The lowest BCUT2D eigenvalue weighted by Gasteiger charge is -2.26. The van der Waals surface area contributed by atoms with Gasteiger partial charge in [-0.2, -0.15) is 0 Å². The van der Waals surface area contributed by atoms with E-state index in [1.807, 2.05) is 35.7 Å². The smallest absolute Gasteiger partial charge is 0.413 e. The molecule has 1 aliphatic rings. The molecule has 0 bridgehead atoms. The van der Waals surface area contributed by atoms with Crippen LogP contribution in [0.2, 0.25) is 0 Å². The SMILES string of the molecule is CCOC(=O)Nc1nc2c(s1)CN(C(=O)c1c(C)nc3ccccn13)CC2. The van der Waals surface area contributed by atoms with Crippen molar-refractivity contribution in [3.63, 3.8) is 0 Å². The van der Waals surface area contributed by atoms with Crippen LogP contribution in [0.25, 0.3) is 5.65 Å². The highest BCUT2D eigenvalue weighted by molar-refractivity contribution is 7.15. The van der Waals surface area contributed by atoms with Gasteiger partial charge in [0.15, 0.2) is 5.13 Å². The molecule has 4 rings (SSSR count). The van der Waals surface area contributed by atoms with Crippen LogP contribution in [0.15, 0.2) is 24.4 Å². The van der Waals surface area contributed by atoms with Gasteiger partial charge in [0.05, 0.1) is 24.5 Å². The number of carbonyl (C=O) groups excluding carboxylic acids is 2. The average molecular weight is 385 g/mol. The summed E-state index contributed by atoms with van der Waals surface area (Å²) in [5.74, 6) is -0.0508. The van der Waals surface area contributed by atoms with Crippen LogP contribution in [0.1, 0.15) is 33.7 Å². The van der Waals surface area contributed by atoms with Gasteiger partial charge in [0.25, 0.3) is 5.91 Å². The van der Waals surface area contributed by atoms with Gasteiger partial charge in [-0.25, -0.2) is 14.8 Å². The van der Waals surface area contributed by atoms with Crippen LogP contribution < -0.4 is 5.32 Å². The molecule has 0 fully saturated rings. The lowest BCUT2D eigenvalue weighted by atomic mass is 10.1. The molecule has 2 amide bonds. The third kappa shape index (κ3) is 3.25. The number of carbonyl (C=O) groups is 2. The molecule has 0 saturated carbocycles. The number of aromatic nitrogens is 3. The van der Waals surface area contributed by atoms with Crippen molar-refractivity contribution < 1.29 is 14.3 Å². The molecule has 0 spiro atoms. The number of fused-ring (bicyclic) bond motifs is 2. The Morgan fingerprint density at radius 3 is 3.00 bits per heavy atom. The van der Waals surface area contributed by atoms with Crippen molar-refractivity contribution >= 4 is 34.1 Å². The number of nitrogens with zero attached hydrogens (tertiary/aromatic N) is 4. The van der Waals surface area contributed by atoms with Gasteiger partial charge in [-0.05, 0) is 26.0 Å². The fourth-order valence-corrected chi connectivity index (χ4v) is 4.21. The van der Waals surface area contributed by atoms with Gasteiger partial charge in [-0.15, -0.1) is 0 Å². The first-order valence-electron chi connectivity index (χ1n) is 8.72. The van der Waals surface area contributed by atoms with Gasteiger partial charge in [-0.1, -0.05) is 17.4 Å². The molecule has 0 unspecified atom stereocenters. The van der Waals surface area contributed by atoms with Gasteiger partial charge in [-0.3, -0.25) is 14.5 Å². The summed E-state index contributed by atoms with van der Waals surface area (Å²) in [5, 5.41) is 3.13. The summed E-state index contributed by atoms with van der Waals surface area (Å²) in [6, 6.07) is 5.67. The minimum atomic E-state index is -0.516. The Balaban J connectivity index is 1.55. The molecule has 0 aliphatic carbocycles. The minimum absolute atomic E-state index is 0.0508. The third-order valence-electron chi connectivity index (χ3n) is 4.41. The number of pyridine rings is 1. The summed E-state index contributed by atoms with van der Waals surface area (Å²) in [6.45, 7) is 4.95. The molecule has 9 heteroatoms. The van der Waals surface area contributed by atoms with Crippen LogP contribution in [0.3, 0.4) is 0 Å². The van der Waals surface area contributed by atoms with Crippen LogP contribution >= 0.6 is 11.3 Å². The molecular weight excluding hydrogens is 366 g/mol. The molecule has 1 aliphatic heterocycles. The van der Waals surface area contributed by atoms with Crippen molar-refractivity contribution in [3.8, 4) is 0 Å². The highest BCUT2D eigenvalue weighted by atomic mass is 32.1.